The number of hydrogen-bond donors (Lipinski definition) is 3. The topological polar surface area (TPSA) is 166 Å². The summed E-state index contributed by atoms with van der Waals surface area (Å²) in [5.74, 6) is -4.00. The molecular weight excluding hydrogens is 1050 g/mol. The van der Waals surface area contributed by atoms with Crippen LogP contribution >= 0.6 is 0 Å². The molecule has 4 aromatic carbocycles. The first kappa shape index (κ1) is 70.2. The molecule has 12 heteroatoms. The molecule has 0 aliphatic carbocycles. The first-order chi connectivity index (χ1) is 41.1. The number of hydrogen-bond acceptors (Lipinski definition) is 9. The Morgan fingerprint density at radius 3 is 0.714 bits per heavy atom. The van der Waals surface area contributed by atoms with Crippen molar-refractivity contribution in [2.45, 2.75) is 251 Å². The molecule has 3 amide bonds. The molecule has 84 heavy (non-hydrogen) atoms. The van der Waals surface area contributed by atoms with Gasteiger partial charge in [0.2, 0.25) is 0 Å². The van der Waals surface area contributed by atoms with Gasteiger partial charge in [-0.2, -0.15) is 0 Å². The number of nitrogens with one attached hydrogen (secondary N) is 3. The predicted molar refractivity (Wildman–Crippen MR) is 339 cm³/mol. The van der Waals surface area contributed by atoms with E-state index in [9.17, 15) is 28.8 Å². The fraction of sp³-hybridized carbons (Fsp3) is 0.583. The lowest BCUT2D eigenvalue weighted by Gasteiger charge is -2.21. The van der Waals surface area contributed by atoms with Crippen LogP contribution in [0.1, 0.15) is 261 Å². The average molecular weight is 1160 g/mol. The van der Waals surface area contributed by atoms with Crippen molar-refractivity contribution < 1.29 is 43.0 Å². The van der Waals surface area contributed by atoms with Gasteiger partial charge in [0.25, 0.3) is 17.7 Å². The molecule has 462 valence electrons. The molecule has 0 saturated carbocycles. The van der Waals surface area contributed by atoms with Gasteiger partial charge < -0.3 is 30.2 Å². The standard InChI is InChI=1S/C72H105N3O9/c1-4-7-10-13-16-19-22-25-28-40-49-82-70(79)64(52-58-43-34-31-35-44-58)73-67(76)61-55-62(68(77)74-65(53-59-45-36-32-37-46-59)71(80)83-50-41-29-26-23-20-17-14-11-8-5-2)57-63(56-61)69(78)75-66(54-60-47-38-33-39-48-60)72(81)84-51-42-30-27-24-21-18-15-12-9-6-3/h31-39,43-48,55-57,64-66H,4-30,40-42,49-54H2,1-3H3,(H,73,76)(H,74,77)(H,75,78)/t64-,65-,66-/m0/s1. The lowest BCUT2D eigenvalue weighted by Crippen LogP contribution is -2.45. The number of carbonyl (C=O) groups is 6. The number of unbranched alkanes of at least 4 members (excludes halogenated alkanes) is 27. The van der Waals surface area contributed by atoms with Crippen molar-refractivity contribution >= 4 is 35.6 Å². The molecule has 0 aromatic heterocycles. The quantitative estimate of drug-likeness (QED) is 0.0222. The zero-order chi connectivity index (χ0) is 60.1. The summed E-state index contributed by atoms with van der Waals surface area (Å²) in [6.45, 7) is 7.27. The highest BCUT2D eigenvalue weighted by atomic mass is 16.5. The Morgan fingerprint density at radius 1 is 0.298 bits per heavy atom. The second kappa shape index (κ2) is 45.1. The zero-order valence-electron chi connectivity index (χ0n) is 51.8. The maximum atomic E-state index is 14.6. The van der Waals surface area contributed by atoms with E-state index in [-0.39, 0.29) is 55.8 Å². The number of amides is 3. The Morgan fingerprint density at radius 2 is 0.500 bits per heavy atom. The summed E-state index contributed by atoms with van der Waals surface area (Å²) < 4.78 is 17.4. The van der Waals surface area contributed by atoms with E-state index in [4.69, 9.17) is 14.2 Å². The van der Waals surface area contributed by atoms with Crippen LogP contribution in [0.5, 0.6) is 0 Å². The van der Waals surface area contributed by atoms with E-state index >= 15 is 0 Å². The average Bonchev–Trinajstić information content (AvgIpc) is 3.51. The lowest BCUT2D eigenvalue weighted by molar-refractivity contribution is -0.146. The number of esters is 3. The minimum atomic E-state index is -1.11. The van der Waals surface area contributed by atoms with Gasteiger partial charge in [0.1, 0.15) is 18.1 Å². The van der Waals surface area contributed by atoms with E-state index < -0.39 is 53.8 Å². The number of benzene rings is 4. The van der Waals surface area contributed by atoms with Crippen LogP contribution < -0.4 is 16.0 Å². The van der Waals surface area contributed by atoms with E-state index in [2.05, 4.69) is 36.7 Å². The van der Waals surface area contributed by atoms with Crippen molar-refractivity contribution in [2.75, 3.05) is 19.8 Å². The molecule has 0 heterocycles. The summed E-state index contributed by atoms with van der Waals surface area (Å²) in [4.78, 5) is 85.7. The fourth-order valence-electron chi connectivity index (χ4n) is 10.5. The first-order valence-corrected chi connectivity index (χ1v) is 32.8. The summed E-state index contributed by atoms with van der Waals surface area (Å²) in [6.07, 6.45) is 34.3. The van der Waals surface area contributed by atoms with Crippen molar-refractivity contribution in [3.63, 3.8) is 0 Å². The molecule has 0 unspecified atom stereocenters. The molecular formula is C72H105N3O9. The molecule has 0 aliphatic rings. The minimum absolute atomic E-state index is 0.0975. The summed E-state index contributed by atoms with van der Waals surface area (Å²) in [5, 5.41) is 8.61. The normalized spacial score (nSPS) is 12.2. The van der Waals surface area contributed by atoms with Crippen molar-refractivity contribution in [1.29, 1.82) is 0 Å². The Balaban J connectivity index is 1.57. The molecule has 0 radical (unpaired) electrons. The molecule has 4 aromatic rings. The van der Waals surface area contributed by atoms with Crippen molar-refractivity contribution in [2.24, 2.45) is 0 Å². The highest BCUT2D eigenvalue weighted by Gasteiger charge is 2.29. The largest absolute Gasteiger partial charge is 0.464 e. The van der Waals surface area contributed by atoms with Crippen LogP contribution in [-0.2, 0) is 47.9 Å². The zero-order valence-corrected chi connectivity index (χ0v) is 51.8. The summed E-state index contributed by atoms with van der Waals surface area (Å²) in [6, 6.07) is 28.6. The Labute approximate surface area is 505 Å². The van der Waals surface area contributed by atoms with Gasteiger partial charge in [-0.25, -0.2) is 14.4 Å². The van der Waals surface area contributed by atoms with Crippen molar-refractivity contribution in [3.8, 4) is 0 Å². The molecule has 0 aliphatic heterocycles. The van der Waals surface area contributed by atoms with Crippen LogP contribution in [0.15, 0.2) is 109 Å². The number of ether oxygens (including phenoxy) is 3. The number of carbonyl (C=O) groups excluding carboxylic acids is 6. The Bertz CT molecular complexity index is 2140. The third kappa shape index (κ3) is 31.0. The maximum absolute atomic E-state index is 14.6. The van der Waals surface area contributed by atoms with E-state index in [1.807, 2.05) is 91.0 Å². The van der Waals surface area contributed by atoms with Gasteiger partial charge in [-0.15, -0.1) is 0 Å². The van der Waals surface area contributed by atoms with Gasteiger partial charge in [-0.1, -0.05) is 285 Å². The number of rotatable bonds is 48. The van der Waals surface area contributed by atoms with Crippen molar-refractivity contribution in [3.05, 3.63) is 143 Å². The first-order valence-electron chi connectivity index (χ1n) is 32.8. The van der Waals surface area contributed by atoms with Crippen LogP contribution in [0.2, 0.25) is 0 Å². The molecule has 0 bridgehead atoms. The Hall–Kier alpha value is -6.30. The van der Waals surface area contributed by atoms with E-state index in [0.29, 0.717) is 19.3 Å². The van der Waals surface area contributed by atoms with Crippen LogP contribution in [-0.4, -0.2) is 73.6 Å². The monoisotopic (exact) mass is 1160 g/mol. The molecule has 12 nitrogen and oxygen atoms in total. The molecule has 0 fully saturated rings. The van der Waals surface area contributed by atoms with Crippen molar-refractivity contribution in [1.82, 2.24) is 16.0 Å². The van der Waals surface area contributed by atoms with Crippen LogP contribution in [0, 0.1) is 0 Å². The van der Waals surface area contributed by atoms with Gasteiger partial charge in [0.15, 0.2) is 0 Å². The summed E-state index contributed by atoms with van der Waals surface area (Å²) >= 11 is 0. The lowest BCUT2D eigenvalue weighted by atomic mass is 10.0. The minimum Gasteiger partial charge on any atom is -0.464 e. The van der Waals surface area contributed by atoms with E-state index in [0.717, 1.165) is 74.5 Å². The van der Waals surface area contributed by atoms with Crippen LogP contribution in [0.4, 0.5) is 0 Å². The molecule has 0 spiro atoms. The van der Waals surface area contributed by atoms with Gasteiger partial charge in [-0.05, 0) is 54.2 Å². The van der Waals surface area contributed by atoms with E-state index in [1.165, 1.54) is 134 Å². The third-order valence-corrected chi connectivity index (χ3v) is 15.6. The highest BCUT2D eigenvalue weighted by molar-refractivity contribution is 6.06. The Kier molecular flexibility index (Phi) is 37.7. The predicted octanol–water partition coefficient (Wildman–Crippen LogP) is 16.1. The summed E-state index contributed by atoms with van der Waals surface area (Å²) in [7, 11) is 0. The van der Waals surface area contributed by atoms with Crippen LogP contribution in [0.25, 0.3) is 0 Å². The van der Waals surface area contributed by atoms with Gasteiger partial charge >= 0.3 is 17.9 Å². The molecule has 3 atom stereocenters. The second-order valence-corrected chi connectivity index (χ2v) is 23.0. The highest BCUT2D eigenvalue weighted by Crippen LogP contribution is 2.19. The van der Waals surface area contributed by atoms with Gasteiger partial charge in [-0.3, -0.25) is 14.4 Å². The SMILES string of the molecule is CCCCCCCCCCCCOC(=O)[C@H](Cc1ccccc1)NC(=O)c1cc(C(=O)N[C@@H](Cc2ccccc2)C(=O)OCCCCCCCCCCCC)cc(C(=O)N[C@@H](Cc2ccccc2)C(=O)OCCCCCCCCCCCC)c1. The molecule has 0 saturated heterocycles. The molecule has 3 N–H and O–H groups in total. The van der Waals surface area contributed by atoms with E-state index in [1.54, 1.807) is 0 Å². The second-order valence-electron chi connectivity index (χ2n) is 23.0. The summed E-state index contributed by atoms with van der Waals surface area (Å²) in [5.41, 5.74) is 2.08. The maximum Gasteiger partial charge on any atom is 0.328 e. The van der Waals surface area contributed by atoms with Gasteiger partial charge in [0, 0.05) is 36.0 Å². The van der Waals surface area contributed by atoms with Gasteiger partial charge in [0.05, 0.1) is 19.8 Å². The van der Waals surface area contributed by atoms with Crippen LogP contribution in [0.3, 0.4) is 0 Å². The smallest absolute Gasteiger partial charge is 0.328 e. The molecule has 4 rings (SSSR count). The fourth-order valence-corrected chi connectivity index (χ4v) is 10.5. The third-order valence-electron chi connectivity index (χ3n) is 15.6.